The maximum absolute atomic E-state index is 8.73. The summed E-state index contributed by atoms with van der Waals surface area (Å²) in [5.41, 5.74) is 2.04. The fourth-order valence-corrected chi connectivity index (χ4v) is 1.13. The first-order valence-electron chi connectivity index (χ1n) is 4.54. The van der Waals surface area contributed by atoms with Crippen molar-refractivity contribution in [2.24, 2.45) is 0 Å². The highest BCUT2D eigenvalue weighted by Crippen LogP contribution is 2.13. The molecule has 5 nitrogen and oxygen atoms in total. The molecule has 2 rings (SSSR count). The molecule has 2 aromatic rings. The number of hydrogen-bond acceptors (Lipinski definition) is 5. The third-order valence-corrected chi connectivity index (χ3v) is 1.97. The first-order valence-corrected chi connectivity index (χ1v) is 4.54. The highest BCUT2D eigenvalue weighted by atomic mass is 16.3. The summed E-state index contributed by atoms with van der Waals surface area (Å²) in [7, 11) is 0. The van der Waals surface area contributed by atoms with E-state index in [0.29, 0.717) is 5.82 Å². The molecular formula is C10H10N4O. The predicted octanol–water partition coefficient (Wildman–Crippen LogP) is 0.734. The molecule has 0 saturated carbocycles. The molecule has 76 valence electrons. The van der Waals surface area contributed by atoms with Crippen molar-refractivity contribution < 1.29 is 5.11 Å². The molecule has 15 heavy (non-hydrogen) atoms. The third kappa shape index (κ3) is 2.13. The molecular weight excluding hydrogens is 192 g/mol. The van der Waals surface area contributed by atoms with Gasteiger partial charge in [-0.05, 0) is 6.92 Å². The SMILES string of the molecule is Cc1ccc(-c2nnc(CO)nn2)cc1. The summed E-state index contributed by atoms with van der Waals surface area (Å²) in [6.07, 6.45) is 0. The van der Waals surface area contributed by atoms with Crippen molar-refractivity contribution in [2.45, 2.75) is 13.5 Å². The first kappa shape index (κ1) is 9.67. The predicted molar refractivity (Wildman–Crippen MR) is 53.7 cm³/mol. The van der Waals surface area contributed by atoms with Crippen LogP contribution in [0.25, 0.3) is 11.4 Å². The Morgan fingerprint density at radius 3 is 2.13 bits per heavy atom. The van der Waals surface area contributed by atoms with E-state index >= 15 is 0 Å². The van der Waals surface area contributed by atoms with Crippen LogP contribution in [0.1, 0.15) is 11.4 Å². The van der Waals surface area contributed by atoms with Crippen molar-refractivity contribution in [1.82, 2.24) is 20.4 Å². The van der Waals surface area contributed by atoms with Crippen LogP contribution in [0.15, 0.2) is 24.3 Å². The number of aromatic nitrogens is 4. The molecule has 0 aliphatic heterocycles. The molecule has 1 heterocycles. The van der Waals surface area contributed by atoms with E-state index in [4.69, 9.17) is 5.11 Å². The van der Waals surface area contributed by atoms with Crippen LogP contribution < -0.4 is 0 Å². The van der Waals surface area contributed by atoms with Gasteiger partial charge in [0.25, 0.3) is 0 Å². The van der Waals surface area contributed by atoms with Crippen molar-refractivity contribution >= 4 is 0 Å². The van der Waals surface area contributed by atoms with Gasteiger partial charge >= 0.3 is 0 Å². The van der Waals surface area contributed by atoms with Gasteiger partial charge in [-0.1, -0.05) is 29.8 Å². The van der Waals surface area contributed by atoms with E-state index in [-0.39, 0.29) is 12.4 Å². The average Bonchev–Trinajstić information content (AvgIpc) is 2.30. The second-order valence-corrected chi connectivity index (χ2v) is 3.16. The molecule has 0 unspecified atom stereocenters. The summed E-state index contributed by atoms with van der Waals surface area (Å²) < 4.78 is 0. The Bertz CT molecular complexity index is 438. The van der Waals surface area contributed by atoms with E-state index in [1.54, 1.807) is 0 Å². The fraction of sp³-hybridized carbons (Fsp3) is 0.200. The maximum Gasteiger partial charge on any atom is 0.203 e. The van der Waals surface area contributed by atoms with Gasteiger partial charge in [-0.2, -0.15) is 0 Å². The number of aliphatic hydroxyl groups is 1. The summed E-state index contributed by atoms with van der Waals surface area (Å²) in [6, 6.07) is 7.76. The van der Waals surface area contributed by atoms with Crippen LogP contribution in [0.3, 0.4) is 0 Å². The van der Waals surface area contributed by atoms with Gasteiger partial charge in [0.1, 0.15) is 6.61 Å². The van der Waals surface area contributed by atoms with Gasteiger partial charge in [-0.25, -0.2) is 0 Å². The van der Waals surface area contributed by atoms with Crippen LogP contribution >= 0.6 is 0 Å². The lowest BCUT2D eigenvalue weighted by molar-refractivity contribution is 0.267. The zero-order valence-electron chi connectivity index (χ0n) is 8.25. The van der Waals surface area contributed by atoms with Gasteiger partial charge in [-0.3, -0.25) is 0 Å². The third-order valence-electron chi connectivity index (χ3n) is 1.97. The van der Waals surface area contributed by atoms with Crippen molar-refractivity contribution in [3.8, 4) is 11.4 Å². The van der Waals surface area contributed by atoms with Crippen molar-refractivity contribution in [3.63, 3.8) is 0 Å². The van der Waals surface area contributed by atoms with Crippen molar-refractivity contribution in [3.05, 3.63) is 35.7 Å². The fourth-order valence-electron chi connectivity index (χ4n) is 1.13. The maximum atomic E-state index is 8.73. The van der Waals surface area contributed by atoms with Crippen molar-refractivity contribution in [2.75, 3.05) is 0 Å². The van der Waals surface area contributed by atoms with E-state index < -0.39 is 0 Å². The number of aliphatic hydroxyl groups excluding tert-OH is 1. The van der Waals surface area contributed by atoms with Crippen LogP contribution in [0, 0.1) is 6.92 Å². The van der Waals surface area contributed by atoms with Gasteiger partial charge < -0.3 is 5.11 Å². The second-order valence-electron chi connectivity index (χ2n) is 3.16. The minimum absolute atomic E-state index is 0.228. The summed E-state index contributed by atoms with van der Waals surface area (Å²) in [6.45, 7) is 1.77. The minimum Gasteiger partial charge on any atom is -0.388 e. The molecule has 5 heteroatoms. The lowest BCUT2D eigenvalue weighted by atomic mass is 10.1. The Hall–Kier alpha value is -1.88. The first-order chi connectivity index (χ1) is 7.29. The summed E-state index contributed by atoms with van der Waals surface area (Å²) in [5.74, 6) is 0.693. The normalized spacial score (nSPS) is 10.3. The van der Waals surface area contributed by atoms with E-state index in [1.807, 2.05) is 31.2 Å². The average molecular weight is 202 g/mol. The smallest absolute Gasteiger partial charge is 0.203 e. The number of hydrogen-bond donors (Lipinski definition) is 1. The van der Waals surface area contributed by atoms with Crippen LogP contribution in [0.4, 0.5) is 0 Å². The standard InChI is InChI=1S/C10H10N4O/c1-7-2-4-8(5-3-7)10-13-11-9(6-15)12-14-10/h2-5,15H,6H2,1H3. The summed E-state index contributed by atoms with van der Waals surface area (Å²) in [5, 5.41) is 23.9. The molecule has 0 bridgehead atoms. The molecule has 0 fully saturated rings. The van der Waals surface area contributed by atoms with Gasteiger partial charge in [0.15, 0.2) is 5.82 Å². The van der Waals surface area contributed by atoms with Gasteiger partial charge in [0.05, 0.1) is 0 Å². The van der Waals surface area contributed by atoms with Gasteiger partial charge in [-0.15, -0.1) is 20.4 Å². The van der Waals surface area contributed by atoms with E-state index in [1.165, 1.54) is 5.56 Å². The molecule has 1 aromatic carbocycles. The van der Waals surface area contributed by atoms with E-state index in [0.717, 1.165) is 5.56 Å². The molecule has 0 aliphatic rings. The molecule has 0 radical (unpaired) electrons. The Kier molecular flexibility index (Phi) is 2.64. The Morgan fingerprint density at radius 1 is 1.00 bits per heavy atom. The number of benzene rings is 1. The van der Waals surface area contributed by atoms with Crippen LogP contribution in [-0.2, 0) is 6.61 Å². The molecule has 1 N–H and O–H groups in total. The van der Waals surface area contributed by atoms with Crippen molar-refractivity contribution in [1.29, 1.82) is 0 Å². The second kappa shape index (κ2) is 4.10. The zero-order valence-corrected chi connectivity index (χ0v) is 8.25. The highest BCUT2D eigenvalue weighted by molar-refractivity contribution is 5.53. The van der Waals surface area contributed by atoms with E-state index in [2.05, 4.69) is 20.4 Å². The van der Waals surface area contributed by atoms with Crippen LogP contribution in [0.2, 0.25) is 0 Å². The highest BCUT2D eigenvalue weighted by Gasteiger charge is 2.02. The molecule has 0 aliphatic carbocycles. The lowest BCUT2D eigenvalue weighted by Gasteiger charge is -1.98. The number of rotatable bonds is 2. The number of aryl methyl sites for hydroxylation is 1. The molecule has 0 spiro atoms. The number of nitrogens with zero attached hydrogens (tertiary/aromatic N) is 4. The molecule has 0 atom stereocenters. The van der Waals surface area contributed by atoms with E-state index in [9.17, 15) is 0 Å². The summed E-state index contributed by atoms with van der Waals surface area (Å²) >= 11 is 0. The zero-order chi connectivity index (χ0) is 10.7. The quantitative estimate of drug-likeness (QED) is 0.777. The lowest BCUT2D eigenvalue weighted by Crippen LogP contribution is -2.02. The summed E-state index contributed by atoms with van der Waals surface area (Å²) in [4.78, 5) is 0. The molecule has 0 amide bonds. The van der Waals surface area contributed by atoms with Gasteiger partial charge in [0.2, 0.25) is 5.82 Å². The van der Waals surface area contributed by atoms with Crippen LogP contribution in [0.5, 0.6) is 0 Å². The molecule has 1 aromatic heterocycles. The largest absolute Gasteiger partial charge is 0.388 e. The monoisotopic (exact) mass is 202 g/mol. The topological polar surface area (TPSA) is 71.8 Å². The van der Waals surface area contributed by atoms with Gasteiger partial charge in [0, 0.05) is 5.56 Å². The Morgan fingerprint density at radius 2 is 1.60 bits per heavy atom. The minimum atomic E-state index is -0.242. The molecule has 0 saturated heterocycles. The van der Waals surface area contributed by atoms with Crippen LogP contribution in [-0.4, -0.2) is 25.5 Å². The Labute approximate surface area is 86.8 Å². The Balaban J connectivity index is 2.33.